The standard InChI is InChI=1S/C44H64N12O11/c1-24(2)37(43(66)67)56-41(64)32(11-7-19-49-44(47)48)54-40(63)33(16-17-36(59)60)52-35(58)23-51-39(62)31(10-5-6-18-45)53-42(65)34(20-25-12-14-27(57)15-13-25)55-38(61)29(46)21-26-22-50-30-9-4-3-8-28(26)30/h3-4,8-9,12-15,22,24,29,31-34,37,50,57H,5-7,10-11,16-21,23,45-46H2,1-2H3,(H,51,62)(H,52,58)(H,53,65)(H,54,63)(H,55,61)(H,56,64)(H,59,60)(H,66,67)(H4,47,48,49)/t29-,31-,32-,33-,34-,37-/m0/s1. The molecule has 2 aromatic carbocycles. The fourth-order valence-electron chi connectivity index (χ4n) is 6.90. The fourth-order valence-corrected chi connectivity index (χ4v) is 6.90. The van der Waals surface area contributed by atoms with Crippen LogP contribution in [0, 0.1) is 5.92 Å². The highest BCUT2D eigenvalue weighted by molar-refractivity contribution is 5.96. The average Bonchev–Trinajstić information content (AvgIpc) is 3.68. The number of carbonyl (C=O) groups is 8. The van der Waals surface area contributed by atoms with E-state index in [9.17, 15) is 53.7 Å². The van der Waals surface area contributed by atoms with E-state index in [2.05, 4.69) is 41.9 Å². The number of rotatable bonds is 29. The van der Waals surface area contributed by atoms with Crippen LogP contribution in [-0.2, 0) is 51.2 Å². The van der Waals surface area contributed by atoms with Crippen molar-refractivity contribution in [3.63, 3.8) is 0 Å². The van der Waals surface area contributed by atoms with Gasteiger partial charge in [0.05, 0.1) is 12.6 Å². The molecule has 0 saturated heterocycles. The molecule has 18 N–H and O–H groups in total. The number of amides is 6. The third-order valence-corrected chi connectivity index (χ3v) is 10.6. The van der Waals surface area contributed by atoms with E-state index in [1.165, 1.54) is 12.1 Å². The highest BCUT2D eigenvalue weighted by Gasteiger charge is 2.32. The number of H-pyrrole nitrogens is 1. The summed E-state index contributed by atoms with van der Waals surface area (Å²) in [6, 6.07) is 5.62. The number of unbranched alkanes of at least 4 members (excludes halogenated alkanes) is 1. The number of phenolic OH excluding ortho intramolecular Hbond substituents is 1. The predicted molar refractivity (Wildman–Crippen MR) is 247 cm³/mol. The topological polar surface area (TPSA) is 402 Å². The molecule has 23 nitrogen and oxygen atoms in total. The molecule has 3 aromatic rings. The Morgan fingerprint density at radius 1 is 0.701 bits per heavy atom. The molecule has 6 atom stereocenters. The third-order valence-electron chi connectivity index (χ3n) is 10.6. The molecule has 0 aliphatic carbocycles. The first-order valence-corrected chi connectivity index (χ1v) is 21.9. The predicted octanol–water partition coefficient (Wildman–Crippen LogP) is -1.69. The zero-order valence-electron chi connectivity index (χ0n) is 37.6. The van der Waals surface area contributed by atoms with Gasteiger partial charge in [0, 0.05) is 36.5 Å². The molecule has 1 heterocycles. The average molecular weight is 937 g/mol. The number of guanidine groups is 1. The Bertz CT molecular complexity index is 2190. The Balaban J connectivity index is 1.76. The van der Waals surface area contributed by atoms with E-state index in [0.717, 1.165) is 16.5 Å². The molecule has 6 amide bonds. The van der Waals surface area contributed by atoms with Gasteiger partial charge in [-0.3, -0.25) is 38.6 Å². The van der Waals surface area contributed by atoms with Gasteiger partial charge in [0.15, 0.2) is 5.96 Å². The number of aliphatic imine (C=N–C) groups is 1. The Labute approximate surface area is 387 Å². The summed E-state index contributed by atoms with van der Waals surface area (Å²) >= 11 is 0. The SMILES string of the molecule is CC(C)[C@H](NC(=O)[C@H](CCCN=C(N)N)NC(=O)[C@H](CCC(=O)O)NC(=O)CNC(=O)[C@H](CCCCN)NC(=O)[C@H](Cc1ccc(O)cc1)NC(=O)[C@@H](N)Cc1c[nH]c2ccccc12)C(=O)O. The molecule has 67 heavy (non-hydrogen) atoms. The monoisotopic (exact) mass is 936 g/mol. The Kier molecular flexibility index (Phi) is 22.0. The molecule has 0 spiro atoms. The third kappa shape index (κ3) is 18.6. The van der Waals surface area contributed by atoms with Crippen LogP contribution in [0.3, 0.4) is 0 Å². The van der Waals surface area contributed by atoms with E-state index in [4.69, 9.17) is 22.9 Å². The lowest BCUT2D eigenvalue weighted by Crippen LogP contribution is -2.58. The highest BCUT2D eigenvalue weighted by atomic mass is 16.4. The number of aromatic nitrogens is 1. The van der Waals surface area contributed by atoms with Crippen LogP contribution in [0.25, 0.3) is 10.9 Å². The summed E-state index contributed by atoms with van der Waals surface area (Å²) in [6.45, 7) is 2.72. The second-order valence-electron chi connectivity index (χ2n) is 16.3. The van der Waals surface area contributed by atoms with Gasteiger partial charge >= 0.3 is 11.9 Å². The van der Waals surface area contributed by atoms with Gasteiger partial charge in [0.1, 0.15) is 36.0 Å². The van der Waals surface area contributed by atoms with Gasteiger partial charge in [0.25, 0.3) is 0 Å². The van der Waals surface area contributed by atoms with Crippen molar-refractivity contribution >= 4 is 64.2 Å². The van der Waals surface area contributed by atoms with Crippen LogP contribution >= 0.6 is 0 Å². The van der Waals surface area contributed by atoms with Crippen molar-refractivity contribution < 1.29 is 53.7 Å². The minimum absolute atomic E-state index is 0.0237. The largest absolute Gasteiger partial charge is 0.508 e. The van der Waals surface area contributed by atoms with Crippen LogP contribution in [0.4, 0.5) is 0 Å². The fraction of sp³-hybridized carbons (Fsp3) is 0.477. The Hall–Kier alpha value is -7.27. The number of carboxylic acid groups (broad SMARTS) is 2. The van der Waals surface area contributed by atoms with Gasteiger partial charge in [-0.2, -0.15) is 0 Å². The number of hydrogen-bond donors (Lipinski definition) is 14. The molecule has 1 aromatic heterocycles. The Morgan fingerprint density at radius 3 is 1.93 bits per heavy atom. The zero-order valence-corrected chi connectivity index (χ0v) is 37.6. The molecule has 366 valence electrons. The molecule has 0 aliphatic rings. The van der Waals surface area contributed by atoms with Crippen LogP contribution in [0.2, 0.25) is 0 Å². The van der Waals surface area contributed by atoms with Crippen molar-refractivity contribution in [2.45, 2.75) is 108 Å². The number of aliphatic carboxylic acids is 2. The van der Waals surface area contributed by atoms with Crippen molar-refractivity contribution in [2.75, 3.05) is 19.6 Å². The summed E-state index contributed by atoms with van der Waals surface area (Å²) in [5, 5.41) is 44.7. The number of nitrogens with zero attached hydrogens (tertiary/aromatic N) is 1. The number of nitrogens with two attached hydrogens (primary N) is 4. The first-order valence-electron chi connectivity index (χ1n) is 21.9. The summed E-state index contributed by atoms with van der Waals surface area (Å²) < 4.78 is 0. The lowest BCUT2D eigenvalue weighted by atomic mass is 10.0. The molecule has 23 heteroatoms. The molecule has 0 bridgehead atoms. The lowest BCUT2D eigenvalue weighted by molar-refractivity contribution is -0.143. The lowest BCUT2D eigenvalue weighted by Gasteiger charge is -2.26. The molecular formula is C44H64N12O11. The van der Waals surface area contributed by atoms with Gasteiger partial charge in [-0.05, 0) is 86.7 Å². The molecule has 0 unspecified atom stereocenters. The number of nitrogens with one attached hydrogen (secondary N) is 7. The van der Waals surface area contributed by atoms with Gasteiger partial charge in [-0.25, -0.2) is 4.79 Å². The van der Waals surface area contributed by atoms with Gasteiger partial charge in [-0.1, -0.05) is 44.2 Å². The van der Waals surface area contributed by atoms with E-state index in [0.29, 0.717) is 18.4 Å². The summed E-state index contributed by atoms with van der Waals surface area (Å²) in [4.78, 5) is 112. The number of aromatic hydroxyl groups is 1. The zero-order chi connectivity index (χ0) is 49.6. The van der Waals surface area contributed by atoms with Crippen molar-refractivity contribution in [1.82, 2.24) is 36.9 Å². The number of benzene rings is 2. The van der Waals surface area contributed by atoms with E-state index in [1.54, 1.807) is 32.2 Å². The maximum absolute atomic E-state index is 14.0. The molecule has 0 radical (unpaired) electrons. The van der Waals surface area contributed by atoms with Crippen LogP contribution in [0.5, 0.6) is 5.75 Å². The highest BCUT2D eigenvalue weighted by Crippen LogP contribution is 2.19. The molecule has 0 aliphatic heterocycles. The van der Waals surface area contributed by atoms with Crippen molar-refractivity contribution in [3.8, 4) is 5.75 Å². The number of aromatic amines is 1. The van der Waals surface area contributed by atoms with Crippen LogP contribution in [0.1, 0.15) is 69.9 Å². The minimum Gasteiger partial charge on any atom is -0.508 e. The van der Waals surface area contributed by atoms with E-state index in [-0.39, 0.29) is 56.9 Å². The molecule has 0 fully saturated rings. The maximum Gasteiger partial charge on any atom is 0.326 e. The quantitative estimate of drug-likeness (QED) is 0.0210. The summed E-state index contributed by atoms with van der Waals surface area (Å²) in [7, 11) is 0. The van der Waals surface area contributed by atoms with Crippen LogP contribution in [0.15, 0.2) is 59.7 Å². The number of carbonyl (C=O) groups excluding carboxylic acids is 6. The second-order valence-corrected chi connectivity index (χ2v) is 16.3. The molecule has 0 saturated carbocycles. The molecule has 3 rings (SSSR count). The van der Waals surface area contributed by atoms with Crippen LogP contribution in [-0.4, -0.2) is 130 Å². The van der Waals surface area contributed by atoms with Gasteiger partial charge < -0.3 is 75.1 Å². The second kappa shape index (κ2) is 27.3. The van der Waals surface area contributed by atoms with E-state index >= 15 is 0 Å². The van der Waals surface area contributed by atoms with Crippen molar-refractivity contribution in [1.29, 1.82) is 0 Å². The maximum atomic E-state index is 14.0. The minimum atomic E-state index is -1.54. The van der Waals surface area contributed by atoms with E-state index in [1.807, 2.05) is 24.3 Å². The Morgan fingerprint density at radius 2 is 1.30 bits per heavy atom. The number of phenols is 1. The summed E-state index contributed by atoms with van der Waals surface area (Å²) in [6.07, 6.45) is 1.77. The summed E-state index contributed by atoms with van der Waals surface area (Å²) in [5.41, 5.74) is 25.0. The van der Waals surface area contributed by atoms with Crippen molar-refractivity contribution in [3.05, 3.63) is 65.9 Å². The first kappa shape index (κ1) is 54.1. The molecular weight excluding hydrogens is 873 g/mol. The first-order chi connectivity index (χ1) is 31.8. The number of fused-ring (bicyclic) bond motifs is 1. The van der Waals surface area contributed by atoms with Crippen molar-refractivity contribution in [2.24, 2.45) is 33.8 Å². The van der Waals surface area contributed by atoms with Gasteiger partial charge in [0.2, 0.25) is 35.4 Å². The van der Waals surface area contributed by atoms with E-state index < -0.39 is 109 Å². The number of hydrogen-bond acceptors (Lipinski definition) is 12. The number of para-hydroxylation sites is 1. The number of carboxylic acids is 2. The normalized spacial score (nSPS) is 13.7. The van der Waals surface area contributed by atoms with Gasteiger partial charge in [-0.15, -0.1) is 0 Å². The smallest absolute Gasteiger partial charge is 0.326 e. The summed E-state index contributed by atoms with van der Waals surface area (Å²) in [5.74, 6) is -8.41. The van der Waals surface area contributed by atoms with Crippen LogP contribution < -0.4 is 54.8 Å².